The highest BCUT2D eigenvalue weighted by atomic mass is 79.9. The van der Waals surface area contributed by atoms with E-state index in [1.165, 1.54) is 0 Å². The number of rotatable bonds is 3. The Hall–Kier alpha value is -0.610. The molecule has 0 aliphatic rings. The van der Waals surface area contributed by atoms with Crippen LogP contribution in [-0.4, -0.2) is 11.1 Å². The van der Waals surface area contributed by atoms with Crippen molar-refractivity contribution in [2.24, 2.45) is 5.73 Å². The molecule has 0 aliphatic carbocycles. The predicted octanol–water partition coefficient (Wildman–Crippen LogP) is 1.27. The molecular weight excluding hydrogens is 232 g/mol. The molecule has 0 amide bonds. The second-order valence-corrected chi connectivity index (χ2v) is 3.83. The second kappa shape index (κ2) is 4.58. The van der Waals surface area contributed by atoms with Crippen molar-refractivity contribution in [2.75, 3.05) is 6.54 Å². The van der Waals surface area contributed by atoms with Crippen LogP contribution in [0.15, 0.2) is 21.5 Å². The van der Waals surface area contributed by atoms with Crippen LogP contribution in [0.1, 0.15) is 12.0 Å². The Balaban J connectivity index is 2.95. The van der Waals surface area contributed by atoms with Crippen LogP contribution in [0.3, 0.4) is 0 Å². The summed E-state index contributed by atoms with van der Waals surface area (Å²) in [6.07, 6.45) is 2.64. The fourth-order valence-electron chi connectivity index (χ4n) is 1.08. The number of hydrogen-bond donors (Lipinski definition) is 1. The molecule has 0 saturated carbocycles. The highest BCUT2D eigenvalue weighted by molar-refractivity contribution is 9.10. The second-order valence-electron chi connectivity index (χ2n) is 2.98. The van der Waals surface area contributed by atoms with E-state index < -0.39 is 0 Å². The van der Waals surface area contributed by atoms with Crippen LogP contribution in [-0.2, 0) is 6.54 Å². The highest BCUT2D eigenvalue weighted by Gasteiger charge is 1.99. The van der Waals surface area contributed by atoms with Gasteiger partial charge in [-0.05, 0) is 41.4 Å². The maximum absolute atomic E-state index is 11.4. The molecule has 0 unspecified atom stereocenters. The molecule has 0 aliphatic heterocycles. The zero-order valence-electron chi connectivity index (χ0n) is 7.59. The van der Waals surface area contributed by atoms with Crippen LogP contribution in [0.4, 0.5) is 0 Å². The summed E-state index contributed by atoms with van der Waals surface area (Å²) in [5.41, 5.74) is 6.37. The van der Waals surface area contributed by atoms with Gasteiger partial charge in [-0.1, -0.05) is 0 Å². The van der Waals surface area contributed by atoms with Crippen LogP contribution in [0.5, 0.6) is 0 Å². The van der Waals surface area contributed by atoms with Crippen LogP contribution in [0.2, 0.25) is 0 Å². The van der Waals surface area contributed by atoms with Gasteiger partial charge < -0.3 is 10.3 Å². The van der Waals surface area contributed by atoms with E-state index in [2.05, 4.69) is 15.9 Å². The van der Waals surface area contributed by atoms with Crippen molar-refractivity contribution in [3.8, 4) is 0 Å². The summed E-state index contributed by atoms with van der Waals surface area (Å²) in [5.74, 6) is 0. The first-order valence-electron chi connectivity index (χ1n) is 4.22. The molecular formula is C9H13BrN2O. The topological polar surface area (TPSA) is 48.0 Å². The lowest BCUT2D eigenvalue weighted by molar-refractivity contribution is 0.627. The fourth-order valence-corrected chi connectivity index (χ4v) is 1.44. The van der Waals surface area contributed by atoms with Crippen molar-refractivity contribution in [2.45, 2.75) is 19.9 Å². The fraction of sp³-hybridized carbons (Fsp3) is 0.444. The summed E-state index contributed by atoms with van der Waals surface area (Å²) in [6, 6.07) is 1.63. The molecule has 0 aromatic carbocycles. The Bertz CT molecular complexity index is 346. The van der Waals surface area contributed by atoms with Gasteiger partial charge in [-0.25, -0.2) is 0 Å². The van der Waals surface area contributed by atoms with E-state index in [0.29, 0.717) is 13.1 Å². The summed E-state index contributed by atoms with van der Waals surface area (Å²) < 4.78 is 2.63. The van der Waals surface area contributed by atoms with Crippen LogP contribution >= 0.6 is 15.9 Å². The van der Waals surface area contributed by atoms with Crippen molar-refractivity contribution >= 4 is 15.9 Å². The van der Waals surface area contributed by atoms with Crippen molar-refractivity contribution < 1.29 is 0 Å². The number of aryl methyl sites for hydroxylation is 2. The largest absolute Gasteiger partial charge is 0.330 e. The van der Waals surface area contributed by atoms with Crippen molar-refractivity contribution in [1.29, 1.82) is 0 Å². The van der Waals surface area contributed by atoms with E-state index in [4.69, 9.17) is 5.73 Å². The van der Waals surface area contributed by atoms with Gasteiger partial charge in [0, 0.05) is 23.3 Å². The van der Waals surface area contributed by atoms with Crippen molar-refractivity contribution in [1.82, 2.24) is 4.57 Å². The molecule has 0 saturated heterocycles. The summed E-state index contributed by atoms with van der Waals surface area (Å²) in [7, 11) is 0. The molecule has 1 rings (SSSR count). The first kappa shape index (κ1) is 10.5. The highest BCUT2D eigenvalue weighted by Crippen LogP contribution is 2.12. The van der Waals surface area contributed by atoms with Gasteiger partial charge in [-0.3, -0.25) is 4.79 Å². The third kappa shape index (κ3) is 2.67. The predicted molar refractivity (Wildman–Crippen MR) is 56.8 cm³/mol. The molecule has 0 radical (unpaired) electrons. The molecule has 4 heteroatoms. The summed E-state index contributed by atoms with van der Waals surface area (Å²) in [4.78, 5) is 11.4. The zero-order valence-corrected chi connectivity index (χ0v) is 9.17. The average Bonchev–Trinajstić information content (AvgIpc) is 2.09. The monoisotopic (exact) mass is 244 g/mol. The molecule has 3 nitrogen and oxygen atoms in total. The maximum Gasteiger partial charge on any atom is 0.250 e. The molecule has 2 N–H and O–H groups in total. The third-order valence-electron chi connectivity index (χ3n) is 1.87. The van der Waals surface area contributed by atoms with E-state index in [-0.39, 0.29) is 5.56 Å². The molecule has 1 heterocycles. The standard InChI is InChI=1S/C9H13BrN2O/c1-7-5-9(13)12(4-2-3-11)6-8(7)10/h5-6H,2-4,11H2,1H3. The van der Waals surface area contributed by atoms with Crippen LogP contribution in [0.25, 0.3) is 0 Å². The van der Waals surface area contributed by atoms with Gasteiger partial charge in [0.2, 0.25) is 0 Å². The lowest BCUT2D eigenvalue weighted by Gasteiger charge is -2.06. The van der Waals surface area contributed by atoms with E-state index in [1.54, 1.807) is 10.6 Å². The third-order valence-corrected chi connectivity index (χ3v) is 2.70. The minimum atomic E-state index is 0.0363. The van der Waals surface area contributed by atoms with Gasteiger partial charge in [0.05, 0.1) is 0 Å². The normalized spacial score (nSPS) is 10.4. The van der Waals surface area contributed by atoms with E-state index in [9.17, 15) is 4.79 Å². The number of pyridine rings is 1. The van der Waals surface area contributed by atoms with Crippen molar-refractivity contribution in [3.05, 3.63) is 32.7 Å². The molecule has 0 atom stereocenters. The molecule has 72 valence electrons. The smallest absolute Gasteiger partial charge is 0.250 e. The molecule has 0 fully saturated rings. The quantitative estimate of drug-likeness (QED) is 0.871. The minimum Gasteiger partial charge on any atom is -0.330 e. The van der Waals surface area contributed by atoms with Gasteiger partial charge in [-0.2, -0.15) is 0 Å². The molecule has 0 spiro atoms. The first-order chi connectivity index (χ1) is 6.15. The van der Waals surface area contributed by atoms with Crippen LogP contribution < -0.4 is 11.3 Å². The van der Waals surface area contributed by atoms with E-state index in [1.807, 2.05) is 13.1 Å². The SMILES string of the molecule is Cc1cc(=O)n(CCCN)cc1Br. The number of halogens is 1. The molecule has 1 aromatic heterocycles. The van der Waals surface area contributed by atoms with Gasteiger partial charge in [0.25, 0.3) is 5.56 Å². The minimum absolute atomic E-state index is 0.0363. The van der Waals surface area contributed by atoms with Gasteiger partial charge in [0.15, 0.2) is 0 Å². The lowest BCUT2D eigenvalue weighted by Crippen LogP contribution is -2.20. The number of nitrogens with two attached hydrogens (primary N) is 1. The Kier molecular flexibility index (Phi) is 3.69. The Morgan fingerprint density at radius 3 is 2.92 bits per heavy atom. The average molecular weight is 245 g/mol. The van der Waals surface area contributed by atoms with Crippen LogP contribution in [0, 0.1) is 6.92 Å². The van der Waals surface area contributed by atoms with Gasteiger partial charge in [-0.15, -0.1) is 0 Å². The number of aromatic nitrogens is 1. The Morgan fingerprint density at radius 1 is 1.62 bits per heavy atom. The lowest BCUT2D eigenvalue weighted by atomic mass is 10.3. The Labute approximate surface area is 85.7 Å². The summed E-state index contributed by atoms with van der Waals surface area (Å²) >= 11 is 3.38. The van der Waals surface area contributed by atoms with Gasteiger partial charge in [0.1, 0.15) is 0 Å². The summed E-state index contributed by atoms with van der Waals surface area (Å²) in [5, 5.41) is 0. The van der Waals surface area contributed by atoms with Gasteiger partial charge >= 0.3 is 0 Å². The number of hydrogen-bond acceptors (Lipinski definition) is 2. The number of nitrogens with zero attached hydrogens (tertiary/aromatic N) is 1. The van der Waals surface area contributed by atoms with Crippen molar-refractivity contribution in [3.63, 3.8) is 0 Å². The molecule has 0 bridgehead atoms. The molecule has 1 aromatic rings. The maximum atomic E-state index is 11.4. The summed E-state index contributed by atoms with van der Waals surface area (Å²) in [6.45, 7) is 3.20. The Morgan fingerprint density at radius 2 is 2.31 bits per heavy atom. The van der Waals surface area contributed by atoms with E-state index in [0.717, 1.165) is 16.5 Å². The zero-order chi connectivity index (χ0) is 9.84. The molecule has 13 heavy (non-hydrogen) atoms. The van der Waals surface area contributed by atoms with E-state index >= 15 is 0 Å². The first-order valence-corrected chi connectivity index (χ1v) is 5.01.